The van der Waals surface area contributed by atoms with E-state index < -0.39 is 0 Å². The van der Waals surface area contributed by atoms with E-state index >= 15 is 0 Å². The van der Waals surface area contributed by atoms with E-state index in [1.807, 2.05) is 31.2 Å². The predicted octanol–water partition coefficient (Wildman–Crippen LogP) is 4.31. The second-order valence-corrected chi connectivity index (χ2v) is 6.35. The van der Waals surface area contributed by atoms with Gasteiger partial charge in [-0.05, 0) is 47.2 Å². The maximum absolute atomic E-state index is 13.4. The Labute approximate surface area is 136 Å². The van der Waals surface area contributed by atoms with Gasteiger partial charge in [-0.1, -0.05) is 47.6 Å². The van der Waals surface area contributed by atoms with Crippen molar-refractivity contribution in [2.75, 3.05) is 0 Å². The fourth-order valence-electron chi connectivity index (χ4n) is 2.05. The molecule has 0 aliphatic rings. The van der Waals surface area contributed by atoms with Crippen molar-refractivity contribution in [1.82, 2.24) is 20.2 Å². The minimum absolute atomic E-state index is 0.0620. The normalized spacial score (nSPS) is 12.3. The molecule has 3 rings (SSSR count). The molecule has 1 aromatic heterocycles. The van der Waals surface area contributed by atoms with Crippen molar-refractivity contribution in [3.8, 4) is 5.69 Å². The average Bonchev–Trinajstić information content (AvgIpc) is 2.95. The first-order valence-corrected chi connectivity index (χ1v) is 7.86. The van der Waals surface area contributed by atoms with Crippen LogP contribution in [0.25, 0.3) is 5.69 Å². The summed E-state index contributed by atoms with van der Waals surface area (Å²) in [6, 6.07) is 13.8. The standard InChI is InChI=1S/C15H12ClFN4S/c1-10(13-7-2-3-8-14(13)16)22-15-18-19-20-21(15)12-6-4-5-11(17)9-12/h2-10H,1H3. The van der Waals surface area contributed by atoms with Gasteiger partial charge in [0.25, 0.3) is 0 Å². The van der Waals surface area contributed by atoms with E-state index in [0.717, 1.165) is 5.56 Å². The Morgan fingerprint density at radius 3 is 2.77 bits per heavy atom. The van der Waals surface area contributed by atoms with Gasteiger partial charge >= 0.3 is 0 Å². The minimum Gasteiger partial charge on any atom is -0.207 e. The van der Waals surface area contributed by atoms with Crippen LogP contribution in [0.3, 0.4) is 0 Å². The molecule has 0 fully saturated rings. The third kappa shape index (κ3) is 3.13. The second kappa shape index (κ2) is 6.46. The van der Waals surface area contributed by atoms with E-state index in [9.17, 15) is 4.39 Å². The molecule has 0 amide bonds. The van der Waals surface area contributed by atoms with Crippen LogP contribution in [0, 0.1) is 5.82 Å². The van der Waals surface area contributed by atoms with Gasteiger partial charge in [-0.15, -0.1) is 5.10 Å². The number of benzene rings is 2. The fourth-order valence-corrected chi connectivity index (χ4v) is 3.39. The molecule has 0 spiro atoms. The van der Waals surface area contributed by atoms with E-state index in [4.69, 9.17) is 11.6 Å². The number of nitrogens with zero attached hydrogens (tertiary/aromatic N) is 4. The van der Waals surface area contributed by atoms with Crippen LogP contribution in [-0.2, 0) is 0 Å². The summed E-state index contributed by atoms with van der Waals surface area (Å²) in [6.45, 7) is 2.02. The van der Waals surface area contributed by atoms with Gasteiger partial charge < -0.3 is 0 Å². The SMILES string of the molecule is CC(Sc1nnnn1-c1cccc(F)c1)c1ccccc1Cl. The first kappa shape index (κ1) is 15.0. The van der Waals surface area contributed by atoms with Crippen LogP contribution in [0.4, 0.5) is 4.39 Å². The summed E-state index contributed by atoms with van der Waals surface area (Å²) in [6.07, 6.45) is 0. The van der Waals surface area contributed by atoms with Crippen LogP contribution in [0.5, 0.6) is 0 Å². The number of tetrazole rings is 1. The minimum atomic E-state index is -0.330. The van der Waals surface area contributed by atoms with Crippen LogP contribution in [0.2, 0.25) is 5.02 Å². The average molecular weight is 335 g/mol. The molecule has 0 saturated carbocycles. The first-order valence-electron chi connectivity index (χ1n) is 6.60. The van der Waals surface area contributed by atoms with Crippen molar-refractivity contribution in [3.05, 3.63) is 64.9 Å². The lowest BCUT2D eigenvalue weighted by Gasteiger charge is -2.12. The molecule has 1 unspecified atom stereocenters. The summed E-state index contributed by atoms with van der Waals surface area (Å²) in [5.74, 6) is -0.330. The van der Waals surface area contributed by atoms with Crippen molar-refractivity contribution in [3.63, 3.8) is 0 Å². The molecule has 0 N–H and O–H groups in total. The van der Waals surface area contributed by atoms with E-state index in [-0.39, 0.29) is 11.1 Å². The molecule has 112 valence electrons. The number of hydrogen-bond acceptors (Lipinski definition) is 4. The predicted molar refractivity (Wildman–Crippen MR) is 84.8 cm³/mol. The molecule has 1 atom stereocenters. The largest absolute Gasteiger partial charge is 0.214 e. The summed E-state index contributed by atoms with van der Waals surface area (Å²) in [5.41, 5.74) is 1.59. The maximum atomic E-state index is 13.4. The third-order valence-electron chi connectivity index (χ3n) is 3.12. The smallest absolute Gasteiger partial charge is 0.207 e. The first-order chi connectivity index (χ1) is 10.6. The highest BCUT2D eigenvalue weighted by molar-refractivity contribution is 7.99. The van der Waals surface area contributed by atoms with Gasteiger partial charge in [-0.2, -0.15) is 4.68 Å². The second-order valence-electron chi connectivity index (χ2n) is 4.63. The van der Waals surface area contributed by atoms with Gasteiger partial charge in [-0.3, -0.25) is 0 Å². The highest BCUT2D eigenvalue weighted by Gasteiger charge is 2.16. The van der Waals surface area contributed by atoms with Gasteiger partial charge in [0.05, 0.1) is 5.69 Å². The lowest BCUT2D eigenvalue weighted by atomic mass is 10.2. The molecular formula is C15H12ClFN4S. The number of thioether (sulfide) groups is 1. The summed E-state index contributed by atoms with van der Waals surface area (Å²) >= 11 is 7.68. The number of halogens is 2. The number of aromatic nitrogens is 4. The van der Waals surface area contributed by atoms with Crippen LogP contribution in [0.1, 0.15) is 17.7 Å². The molecule has 0 radical (unpaired) electrons. The van der Waals surface area contributed by atoms with Gasteiger partial charge in [0.1, 0.15) is 5.82 Å². The van der Waals surface area contributed by atoms with Crippen LogP contribution in [0.15, 0.2) is 53.7 Å². The molecule has 0 aliphatic heterocycles. The number of rotatable bonds is 4. The Kier molecular flexibility index (Phi) is 4.40. The van der Waals surface area contributed by atoms with Crippen molar-refractivity contribution in [2.24, 2.45) is 0 Å². The molecule has 3 aromatic rings. The zero-order chi connectivity index (χ0) is 15.5. The third-order valence-corrected chi connectivity index (χ3v) is 4.54. The quantitative estimate of drug-likeness (QED) is 0.667. The zero-order valence-corrected chi connectivity index (χ0v) is 13.2. The molecule has 2 aromatic carbocycles. The molecule has 4 nitrogen and oxygen atoms in total. The van der Waals surface area contributed by atoms with Gasteiger partial charge in [0.2, 0.25) is 5.16 Å². The lowest BCUT2D eigenvalue weighted by molar-refractivity contribution is 0.623. The van der Waals surface area contributed by atoms with E-state index in [1.165, 1.54) is 28.6 Å². The summed E-state index contributed by atoms with van der Waals surface area (Å²) in [5, 5.41) is 13.0. The molecule has 22 heavy (non-hydrogen) atoms. The highest BCUT2D eigenvalue weighted by atomic mass is 35.5. The van der Waals surface area contributed by atoms with Gasteiger partial charge in [-0.25, -0.2) is 4.39 Å². The fraction of sp³-hybridized carbons (Fsp3) is 0.133. The summed E-state index contributed by atoms with van der Waals surface area (Å²) in [4.78, 5) is 0. The van der Waals surface area contributed by atoms with Crippen LogP contribution in [-0.4, -0.2) is 20.2 Å². The lowest BCUT2D eigenvalue weighted by Crippen LogP contribution is -2.01. The Bertz CT molecular complexity index is 792. The summed E-state index contributed by atoms with van der Waals surface area (Å²) < 4.78 is 14.9. The maximum Gasteiger partial charge on any atom is 0.214 e. The zero-order valence-electron chi connectivity index (χ0n) is 11.6. The van der Waals surface area contributed by atoms with Crippen LogP contribution >= 0.6 is 23.4 Å². The van der Waals surface area contributed by atoms with Gasteiger partial charge in [0, 0.05) is 10.3 Å². The van der Waals surface area contributed by atoms with Crippen molar-refractivity contribution in [2.45, 2.75) is 17.3 Å². The van der Waals surface area contributed by atoms with Gasteiger partial charge in [0.15, 0.2) is 0 Å². The molecule has 0 aliphatic carbocycles. The molecule has 7 heteroatoms. The molecule has 0 saturated heterocycles. The van der Waals surface area contributed by atoms with Crippen molar-refractivity contribution in [1.29, 1.82) is 0 Å². The Morgan fingerprint density at radius 1 is 1.18 bits per heavy atom. The number of hydrogen-bond donors (Lipinski definition) is 0. The summed E-state index contributed by atoms with van der Waals surface area (Å²) in [7, 11) is 0. The highest BCUT2D eigenvalue weighted by Crippen LogP contribution is 2.37. The van der Waals surface area contributed by atoms with E-state index in [0.29, 0.717) is 15.9 Å². The molecular weight excluding hydrogens is 323 g/mol. The van der Waals surface area contributed by atoms with Crippen molar-refractivity contribution >= 4 is 23.4 Å². The molecule has 1 heterocycles. The Hall–Kier alpha value is -1.92. The van der Waals surface area contributed by atoms with Crippen molar-refractivity contribution < 1.29 is 4.39 Å². The van der Waals surface area contributed by atoms with E-state index in [2.05, 4.69) is 15.5 Å². The Morgan fingerprint density at radius 2 is 2.00 bits per heavy atom. The van der Waals surface area contributed by atoms with E-state index in [1.54, 1.807) is 12.1 Å². The topological polar surface area (TPSA) is 43.6 Å². The monoisotopic (exact) mass is 334 g/mol. The Balaban J connectivity index is 1.88. The molecule has 0 bridgehead atoms. The van der Waals surface area contributed by atoms with Crippen LogP contribution < -0.4 is 0 Å².